The second-order valence-electron chi connectivity index (χ2n) is 8.99. The Morgan fingerprint density at radius 2 is 1.00 bits per heavy atom. The topological polar surface area (TPSA) is 99.1 Å². The van der Waals surface area contributed by atoms with Gasteiger partial charge < -0.3 is 0 Å². The minimum absolute atomic E-state index is 0.587. The van der Waals surface area contributed by atoms with Crippen LogP contribution in [0.3, 0.4) is 0 Å². The van der Waals surface area contributed by atoms with E-state index in [2.05, 4.69) is 28.2 Å². The second kappa shape index (κ2) is 8.44. The van der Waals surface area contributed by atoms with Crippen LogP contribution in [0.1, 0.15) is 11.1 Å². The van der Waals surface area contributed by atoms with E-state index in [1.807, 2.05) is 78.9 Å². The molecule has 0 aliphatic rings. The van der Waals surface area contributed by atoms with E-state index >= 15 is 0 Å². The Labute approximate surface area is 217 Å². The molecule has 38 heavy (non-hydrogen) atoms. The highest BCUT2D eigenvalue weighted by Crippen LogP contribution is 2.32. The molecule has 0 amide bonds. The zero-order valence-corrected chi connectivity index (χ0v) is 19.9. The van der Waals surface area contributed by atoms with Crippen LogP contribution in [-0.2, 0) is 0 Å². The molecule has 0 bridgehead atoms. The van der Waals surface area contributed by atoms with Gasteiger partial charge in [-0.1, -0.05) is 30.3 Å². The molecule has 174 valence electrons. The molecule has 0 unspecified atom stereocenters. The van der Waals surface area contributed by atoms with Gasteiger partial charge in [0.05, 0.1) is 56.7 Å². The van der Waals surface area contributed by atoms with Crippen LogP contribution < -0.4 is 0 Å². The fraction of sp³-hybridized carbons (Fsp3) is 0. The summed E-state index contributed by atoms with van der Waals surface area (Å²) in [5, 5.41) is 22.5. The molecule has 0 fully saturated rings. The summed E-state index contributed by atoms with van der Waals surface area (Å²) >= 11 is 0. The van der Waals surface area contributed by atoms with Gasteiger partial charge in [-0.25, -0.2) is 9.97 Å². The van der Waals surface area contributed by atoms with E-state index in [0.717, 1.165) is 55.1 Å². The molecule has 3 aromatic carbocycles. The van der Waals surface area contributed by atoms with E-state index in [9.17, 15) is 10.5 Å². The average Bonchev–Trinajstić information content (AvgIpc) is 2.99. The predicted molar refractivity (Wildman–Crippen MR) is 148 cm³/mol. The van der Waals surface area contributed by atoms with Crippen molar-refractivity contribution in [2.24, 2.45) is 0 Å². The highest BCUT2D eigenvalue weighted by Gasteiger charge is 2.13. The fourth-order valence-electron chi connectivity index (χ4n) is 4.99. The van der Waals surface area contributed by atoms with Gasteiger partial charge in [-0.15, -0.1) is 0 Å². The van der Waals surface area contributed by atoms with Crippen LogP contribution in [0, 0.1) is 22.7 Å². The lowest BCUT2D eigenvalue weighted by Crippen LogP contribution is -1.93. The summed E-state index contributed by atoms with van der Waals surface area (Å²) < 4.78 is 0. The highest BCUT2D eigenvalue weighted by atomic mass is 14.8. The molecule has 0 saturated heterocycles. The Hall–Kier alpha value is -5.72. The Bertz CT molecular complexity index is 2020. The summed E-state index contributed by atoms with van der Waals surface area (Å²) in [5.41, 5.74) is 7.63. The first-order valence-electron chi connectivity index (χ1n) is 12.0. The first kappa shape index (κ1) is 21.6. The molecule has 0 radical (unpaired) electrons. The number of aromatic nitrogens is 4. The summed E-state index contributed by atoms with van der Waals surface area (Å²) in [6.07, 6.45) is 3.45. The standard InChI is InChI=1S/C32H16N6/c33-17-23-15-21-8-10-27(37-29(21)31-25(23)6-2-12-35-31)19-4-1-5-20(14-19)28-11-9-22-16-24(18-34)26-7-3-13-36-32(26)30(22)38-28/h1-16H. The van der Waals surface area contributed by atoms with Crippen molar-refractivity contribution in [1.82, 2.24) is 19.9 Å². The lowest BCUT2D eigenvalue weighted by atomic mass is 10.0. The Balaban J connectivity index is 1.38. The Morgan fingerprint density at radius 1 is 0.500 bits per heavy atom. The maximum Gasteiger partial charge on any atom is 0.0999 e. The van der Waals surface area contributed by atoms with E-state index in [0.29, 0.717) is 22.2 Å². The van der Waals surface area contributed by atoms with Crippen LogP contribution in [0.25, 0.3) is 66.1 Å². The molecular formula is C32H16N6. The molecule has 4 aromatic heterocycles. The highest BCUT2D eigenvalue weighted by molar-refractivity contribution is 6.07. The van der Waals surface area contributed by atoms with E-state index < -0.39 is 0 Å². The molecule has 6 heteroatoms. The molecule has 0 atom stereocenters. The van der Waals surface area contributed by atoms with Crippen LogP contribution in [0.15, 0.2) is 97.3 Å². The minimum Gasteiger partial charge on any atom is -0.254 e. The van der Waals surface area contributed by atoms with Crippen molar-refractivity contribution in [3.8, 4) is 34.7 Å². The van der Waals surface area contributed by atoms with Gasteiger partial charge in [0.2, 0.25) is 0 Å². The maximum absolute atomic E-state index is 9.59. The summed E-state index contributed by atoms with van der Waals surface area (Å²) in [6, 6.07) is 31.7. The SMILES string of the molecule is N#Cc1cc2ccc(-c3cccc(-c4ccc5cc(C#N)c6cccnc6c5n4)c3)nc2c2ncccc12. The number of nitriles is 2. The van der Waals surface area contributed by atoms with Crippen molar-refractivity contribution >= 4 is 43.6 Å². The largest absolute Gasteiger partial charge is 0.254 e. The lowest BCUT2D eigenvalue weighted by Gasteiger charge is -2.10. The molecule has 4 heterocycles. The van der Waals surface area contributed by atoms with Gasteiger partial charge in [0.15, 0.2) is 0 Å². The molecule has 7 aromatic rings. The Kier molecular flexibility index (Phi) is 4.79. The molecule has 0 aliphatic heterocycles. The quantitative estimate of drug-likeness (QED) is 0.246. The maximum atomic E-state index is 9.59. The molecule has 0 aliphatic carbocycles. The van der Waals surface area contributed by atoms with Gasteiger partial charge in [0.1, 0.15) is 0 Å². The molecule has 0 N–H and O–H groups in total. The summed E-state index contributed by atoms with van der Waals surface area (Å²) in [4.78, 5) is 19.0. The van der Waals surface area contributed by atoms with E-state index in [1.54, 1.807) is 12.4 Å². The van der Waals surface area contributed by atoms with Crippen molar-refractivity contribution in [3.05, 3.63) is 108 Å². The fourth-order valence-corrected chi connectivity index (χ4v) is 4.99. The first-order valence-corrected chi connectivity index (χ1v) is 12.0. The van der Waals surface area contributed by atoms with Crippen LogP contribution in [0.5, 0.6) is 0 Å². The third-order valence-electron chi connectivity index (χ3n) is 6.79. The monoisotopic (exact) mass is 484 g/mol. The molecule has 0 spiro atoms. The van der Waals surface area contributed by atoms with Crippen molar-refractivity contribution < 1.29 is 0 Å². The molecule has 7 rings (SSSR count). The Morgan fingerprint density at radius 3 is 1.47 bits per heavy atom. The van der Waals surface area contributed by atoms with Gasteiger partial charge in [0, 0.05) is 45.1 Å². The van der Waals surface area contributed by atoms with Crippen LogP contribution in [-0.4, -0.2) is 19.9 Å². The number of rotatable bonds is 2. The normalized spacial score (nSPS) is 11.1. The summed E-state index contributed by atoms with van der Waals surface area (Å²) in [5.74, 6) is 0. The van der Waals surface area contributed by atoms with E-state index in [1.165, 1.54) is 0 Å². The van der Waals surface area contributed by atoms with Crippen molar-refractivity contribution in [2.45, 2.75) is 0 Å². The smallest absolute Gasteiger partial charge is 0.0999 e. The zero-order chi connectivity index (χ0) is 25.6. The number of fused-ring (bicyclic) bond motifs is 6. The number of pyridine rings is 4. The number of hydrogen-bond acceptors (Lipinski definition) is 6. The van der Waals surface area contributed by atoms with Gasteiger partial charge in [-0.3, -0.25) is 9.97 Å². The average molecular weight is 485 g/mol. The third kappa shape index (κ3) is 3.33. The van der Waals surface area contributed by atoms with Gasteiger partial charge in [-0.2, -0.15) is 10.5 Å². The van der Waals surface area contributed by atoms with Crippen LogP contribution in [0.4, 0.5) is 0 Å². The molecule has 6 nitrogen and oxygen atoms in total. The number of benzene rings is 3. The second-order valence-corrected chi connectivity index (χ2v) is 8.99. The van der Waals surface area contributed by atoms with E-state index in [-0.39, 0.29) is 0 Å². The summed E-state index contributed by atoms with van der Waals surface area (Å²) in [7, 11) is 0. The van der Waals surface area contributed by atoms with Crippen molar-refractivity contribution in [1.29, 1.82) is 10.5 Å². The van der Waals surface area contributed by atoms with Crippen molar-refractivity contribution in [3.63, 3.8) is 0 Å². The van der Waals surface area contributed by atoms with Gasteiger partial charge in [-0.05, 0) is 54.6 Å². The van der Waals surface area contributed by atoms with Gasteiger partial charge >= 0.3 is 0 Å². The molecular weight excluding hydrogens is 468 g/mol. The first-order chi connectivity index (χ1) is 18.7. The van der Waals surface area contributed by atoms with Gasteiger partial charge in [0.25, 0.3) is 0 Å². The minimum atomic E-state index is 0.587. The summed E-state index contributed by atoms with van der Waals surface area (Å²) in [6.45, 7) is 0. The molecule has 0 saturated carbocycles. The van der Waals surface area contributed by atoms with Crippen molar-refractivity contribution in [2.75, 3.05) is 0 Å². The lowest BCUT2D eigenvalue weighted by molar-refractivity contribution is 1.35. The van der Waals surface area contributed by atoms with Crippen LogP contribution >= 0.6 is 0 Å². The zero-order valence-electron chi connectivity index (χ0n) is 19.9. The van der Waals surface area contributed by atoms with E-state index in [4.69, 9.17) is 9.97 Å². The number of nitrogens with zero attached hydrogens (tertiary/aromatic N) is 6. The third-order valence-corrected chi connectivity index (χ3v) is 6.79. The number of hydrogen-bond donors (Lipinski definition) is 0. The van der Waals surface area contributed by atoms with Crippen LogP contribution in [0.2, 0.25) is 0 Å². The predicted octanol–water partition coefficient (Wildman–Crippen LogP) is 6.96.